The van der Waals surface area contributed by atoms with Crippen molar-refractivity contribution in [3.05, 3.63) is 0 Å². The molecule has 0 bridgehead atoms. The molecule has 0 radical (unpaired) electrons. The van der Waals surface area contributed by atoms with E-state index in [2.05, 4.69) is 0 Å². The van der Waals surface area contributed by atoms with E-state index < -0.39 is 23.3 Å². The van der Waals surface area contributed by atoms with Crippen LogP contribution in [0.1, 0.15) is 53.4 Å². The Hall–Kier alpha value is -1.63. The van der Waals surface area contributed by atoms with Gasteiger partial charge in [-0.15, -0.1) is 0 Å². The third-order valence-electron chi connectivity index (χ3n) is 4.17. The number of carbonyl (C=O) groups is 3. The summed E-state index contributed by atoms with van der Waals surface area (Å²) in [6.07, 6.45) is 2.87. The van der Waals surface area contributed by atoms with Gasteiger partial charge in [0.05, 0.1) is 19.2 Å². The molecule has 2 atom stereocenters. The van der Waals surface area contributed by atoms with Crippen LogP contribution in [0.3, 0.4) is 0 Å². The van der Waals surface area contributed by atoms with Crippen molar-refractivity contribution in [3.63, 3.8) is 0 Å². The third-order valence-corrected chi connectivity index (χ3v) is 4.17. The number of hydroxylamine groups is 2. The lowest BCUT2D eigenvalue weighted by atomic mass is 9.88. The second-order valence-corrected chi connectivity index (χ2v) is 7.15. The monoisotopic (exact) mass is 326 g/mol. The number of aldehydes is 1. The average Bonchev–Trinajstić information content (AvgIpc) is 2.86. The molecule has 0 aromatic heterocycles. The maximum Gasteiger partial charge on any atom is 0.411 e. The van der Waals surface area contributed by atoms with Crippen molar-refractivity contribution in [1.82, 2.24) is 9.96 Å². The Morgan fingerprint density at radius 1 is 1.43 bits per heavy atom. The van der Waals surface area contributed by atoms with Crippen molar-refractivity contribution in [1.29, 1.82) is 0 Å². The summed E-state index contributed by atoms with van der Waals surface area (Å²) in [6.45, 7) is 8.07. The molecular weight excluding hydrogens is 300 g/mol. The number of carbonyl (C=O) groups excluding carboxylic acids is 3. The SMILES string of the molecule is CCCCON1CC2(CCC(C=O)N2C(=O)OC(C)(C)C)C1=O. The number of nitrogens with zero attached hydrogens (tertiary/aromatic N) is 2. The first-order valence-electron chi connectivity index (χ1n) is 8.17. The fourth-order valence-corrected chi connectivity index (χ4v) is 3.01. The highest BCUT2D eigenvalue weighted by Crippen LogP contribution is 2.42. The molecule has 2 rings (SSSR count). The number of hydrogen-bond donors (Lipinski definition) is 0. The van der Waals surface area contributed by atoms with E-state index in [0.29, 0.717) is 32.3 Å². The van der Waals surface area contributed by atoms with E-state index in [4.69, 9.17) is 9.57 Å². The van der Waals surface area contributed by atoms with Crippen molar-refractivity contribution in [2.24, 2.45) is 0 Å². The van der Waals surface area contributed by atoms with Crippen LogP contribution < -0.4 is 0 Å². The summed E-state index contributed by atoms with van der Waals surface area (Å²) in [5, 5.41) is 1.29. The highest BCUT2D eigenvalue weighted by atomic mass is 16.7. The molecule has 0 aliphatic carbocycles. The second kappa shape index (κ2) is 6.47. The van der Waals surface area contributed by atoms with E-state index in [1.165, 1.54) is 9.96 Å². The van der Waals surface area contributed by atoms with Gasteiger partial charge >= 0.3 is 6.09 Å². The number of unbranched alkanes of at least 4 members (excludes halogenated alkanes) is 1. The van der Waals surface area contributed by atoms with Crippen LogP contribution >= 0.6 is 0 Å². The Morgan fingerprint density at radius 2 is 2.13 bits per heavy atom. The van der Waals surface area contributed by atoms with Crippen LogP contribution in [0, 0.1) is 0 Å². The van der Waals surface area contributed by atoms with Crippen LogP contribution in [0.15, 0.2) is 0 Å². The smallest absolute Gasteiger partial charge is 0.411 e. The molecule has 7 nitrogen and oxygen atoms in total. The molecule has 2 amide bonds. The molecule has 23 heavy (non-hydrogen) atoms. The number of β-lactam (4-membered cyclic amide) rings is 1. The third kappa shape index (κ3) is 3.34. The van der Waals surface area contributed by atoms with E-state index in [1.807, 2.05) is 6.92 Å². The minimum atomic E-state index is -0.986. The Balaban J connectivity index is 2.10. The van der Waals surface area contributed by atoms with Gasteiger partial charge in [0.1, 0.15) is 17.4 Å². The molecule has 2 aliphatic rings. The Bertz CT molecular complexity index is 487. The van der Waals surface area contributed by atoms with Gasteiger partial charge in [-0.25, -0.2) is 9.86 Å². The van der Waals surface area contributed by atoms with Gasteiger partial charge in [-0.2, -0.15) is 0 Å². The molecule has 0 aromatic rings. The Kier molecular flexibility index (Phi) is 4.98. The zero-order chi connectivity index (χ0) is 17.3. The van der Waals surface area contributed by atoms with Crippen molar-refractivity contribution >= 4 is 18.3 Å². The molecule has 2 fully saturated rings. The minimum Gasteiger partial charge on any atom is -0.444 e. The molecule has 1 spiro atoms. The predicted octanol–water partition coefficient (Wildman–Crippen LogP) is 1.90. The highest BCUT2D eigenvalue weighted by molar-refractivity contribution is 5.96. The van der Waals surface area contributed by atoms with Crippen LogP contribution in [0.2, 0.25) is 0 Å². The van der Waals surface area contributed by atoms with E-state index in [0.717, 1.165) is 12.8 Å². The van der Waals surface area contributed by atoms with Crippen LogP contribution in [-0.4, -0.2) is 58.6 Å². The first-order chi connectivity index (χ1) is 10.7. The van der Waals surface area contributed by atoms with Gasteiger partial charge in [-0.05, 0) is 40.0 Å². The van der Waals surface area contributed by atoms with Gasteiger partial charge in [-0.1, -0.05) is 13.3 Å². The summed E-state index contributed by atoms with van der Waals surface area (Å²) >= 11 is 0. The average molecular weight is 326 g/mol. The maximum absolute atomic E-state index is 12.6. The van der Waals surface area contributed by atoms with Crippen molar-refractivity contribution < 1.29 is 24.0 Å². The van der Waals surface area contributed by atoms with Crippen molar-refractivity contribution in [3.8, 4) is 0 Å². The highest BCUT2D eigenvalue weighted by Gasteiger charge is 2.64. The van der Waals surface area contributed by atoms with Crippen LogP contribution in [-0.2, 0) is 19.2 Å². The van der Waals surface area contributed by atoms with E-state index in [-0.39, 0.29) is 5.91 Å². The fraction of sp³-hybridized carbons (Fsp3) is 0.812. The van der Waals surface area contributed by atoms with Crippen molar-refractivity contribution in [2.75, 3.05) is 13.2 Å². The van der Waals surface area contributed by atoms with Gasteiger partial charge in [0.15, 0.2) is 0 Å². The molecular formula is C16H26N2O5. The lowest BCUT2D eigenvalue weighted by molar-refractivity contribution is -0.236. The van der Waals surface area contributed by atoms with Crippen molar-refractivity contribution in [2.45, 2.75) is 70.6 Å². The first-order valence-corrected chi connectivity index (χ1v) is 8.17. The number of likely N-dealkylation sites (tertiary alicyclic amines) is 1. The van der Waals surface area contributed by atoms with Gasteiger partial charge in [0.2, 0.25) is 0 Å². The molecule has 0 N–H and O–H groups in total. The maximum atomic E-state index is 12.6. The van der Waals surface area contributed by atoms with Gasteiger partial charge in [-0.3, -0.25) is 14.5 Å². The van der Waals surface area contributed by atoms with E-state index in [1.54, 1.807) is 20.8 Å². The number of amides is 2. The van der Waals surface area contributed by atoms with Crippen LogP contribution in [0.5, 0.6) is 0 Å². The Labute approximate surface area is 136 Å². The number of ether oxygens (including phenoxy) is 1. The molecule has 2 saturated heterocycles. The first kappa shape index (κ1) is 17.7. The summed E-state index contributed by atoms with van der Waals surface area (Å²) in [5.41, 5.74) is -1.67. The Morgan fingerprint density at radius 3 is 2.65 bits per heavy atom. The van der Waals surface area contributed by atoms with Crippen LogP contribution in [0.4, 0.5) is 4.79 Å². The van der Waals surface area contributed by atoms with E-state index >= 15 is 0 Å². The summed E-state index contributed by atoms with van der Waals surface area (Å²) in [5.74, 6) is -0.260. The largest absolute Gasteiger partial charge is 0.444 e. The molecule has 7 heteroatoms. The second-order valence-electron chi connectivity index (χ2n) is 7.15. The molecule has 2 aliphatic heterocycles. The fourth-order valence-electron chi connectivity index (χ4n) is 3.01. The summed E-state index contributed by atoms with van der Waals surface area (Å²) < 4.78 is 5.38. The van der Waals surface area contributed by atoms with Gasteiger partial charge < -0.3 is 9.53 Å². The topological polar surface area (TPSA) is 76.2 Å². The summed E-state index contributed by atoms with van der Waals surface area (Å²) in [4.78, 5) is 43.1. The lowest BCUT2D eigenvalue weighted by Crippen LogP contribution is -2.73. The molecule has 2 unspecified atom stereocenters. The summed E-state index contributed by atoms with van der Waals surface area (Å²) in [6, 6.07) is -0.619. The zero-order valence-electron chi connectivity index (χ0n) is 14.3. The zero-order valence-corrected chi connectivity index (χ0v) is 14.3. The molecule has 2 heterocycles. The lowest BCUT2D eigenvalue weighted by Gasteiger charge is -2.50. The summed E-state index contributed by atoms with van der Waals surface area (Å²) in [7, 11) is 0. The normalized spacial score (nSPS) is 27.3. The quantitative estimate of drug-likeness (QED) is 0.438. The standard InChI is InChI=1S/C16H26N2O5/c1-5-6-9-22-17-11-16(13(17)20)8-7-12(10-19)18(16)14(21)23-15(2,3)4/h10,12H,5-9,11H2,1-4H3. The van der Waals surface area contributed by atoms with Gasteiger partial charge in [0.25, 0.3) is 5.91 Å². The predicted molar refractivity (Wildman–Crippen MR) is 82.5 cm³/mol. The molecule has 0 aromatic carbocycles. The number of hydrogen-bond acceptors (Lipinski definition) is 5. The number of rotatable bonds is 5. The van der Waals surface area contributed by atoms with E-state index in [9.17, 15) is 14.4 Å². The van der Waals surface area contributed by atoms with Gasteiger partial charge in [0, 0.05) is 0 Å². The molecule has 0 saturated carbocycles. The minimum absolute atomic E-state index is 0.260. The van der Waals surface area contributed by atoms with Crippen LogP contribution in [0.25, 0.3) is 0 Å². The molecule has 130 valence electrons.